The van der Waals surface area contributed by atoms with Crippen molar-refractivity contribution in [3.63, 3.8) is 0 Å². The number of para-hydroxylation sites is 1. The standard InChI is InChI=1S/C31H35N3O8S/c1-22(2)28(33-31(37)41-20-24-10-5-3-6-11-24)30(36)32-27(29(35)34-38)21-43(39,40)19-9-12-23-15-17-26(18-16-23)42-25-13-7-4-8-14-25/h3-18,22,27-28,38H,19-21H2,1-2H3,(H,32,36)(H,33,37)(H,34,35). The van der Waals surface area contributed by atoms with Gasteiger partial charge in [0.25, 0.3) is 5.91 Å². The van der Waals surface area contributed by atoms with E-state index in [4.69, 9.17) is 14.7 Å². The number of benzene rings is 3. The molecule has 0 radical (unpaired) electrons. The van der Waals surface area contributed by atoms with Crippen LogP contribution in [0, 0.1) is 5.92 Å². The summed E-state index contributed by atoms with van der Waals surface area (Å²) in [6.45, 7) is 3.29. The maximum atomic E-state index is 13.0. The van der Waals surface area contributed by atoms with Gasteiger partial charge in [0.05, 0.1) is 11.5 Å². The average Bonchev–Trinajstić information content (AvgIpc) is 2.99. The van der Waals surface area contributed by atoms with Gasteiger partial charge in [0.1, 0.15) is 30.2 Å². The Bertz CT molecular complexity index is 1480. The van der Waals surface area contributed by atoms with Crippen molar-refractivity contribution in [2.75, 3.05) is 11.5 Å². The second-order valence-corrected chi connectivity index (χ2v) is 12.1. The van der Waals surface area contributed by atoms with E-state index < -0.39 is 57.3 Å². The first-order chi connectivity index (χ1) is 20.6. The second kappa shape index (κ2) is 16.1. The summed E-state index contributed by atoms with van der Waals surface area (Å²) in [7, 11) is -3.92. The van der Waals surface area contributed by atoms with E-state index in [1.807, 2.05) is 36.4 Å². The summed E-state index contributed by atoms with van der Waals surface area (Å²) in [5.41, 5.74) is 2.85. The molecule has 0 aliphatic carbocycles. The number of amides is 3. The van der Waals surface area contributed by atoms with Crippen LogP contribution in [-0.2, 0) is 30.8 Å². The van der Waals surface area contributed by atoms with E-state index in [-0.39, 0.29) is 6.61 Å². The van der Waals surface area contributed by atoms with Crippen LogP contribution < -0.4 is 20.9 Å². The Balaban J connectivity index is 1.57. The molecule has 0 fully saturated rings. The van der Waals surface area contributed by atoms with Crippen molar-refractivity contribution in [1.82, 2.24) is 16.1 Å². The number of rotatable bonds is 14. The largest absolute Gasteiger partial charge is 0.457 e. The van der Waals surface area contributed by atoms with Gasteiger partial charge in [-0.05, 0) is 41.3 Å². The molecule has 0 bridgehead atoms. The molecule has 12 heteroatoms. The van der Waals surface area contributed by atoms with E-state index in [9.17, 15) is 22.8 Å². The predicted octanol–water partition coefficient (Wildman–Crippen LogP) is 3.85. The van der Waals surface area contributed by atoms with Crippen LogP contribution in [0.25, 0.3) is 6.08 Å². The first-order valence-electron chi connectivity index (χ1n) is 13.5. The van der Waals surface area contributed by atoms with Crippen LogP contribution in [0.5, 0.6) is 11.5 Å². The fourth-order valence-electron chi connectivity index (χ4n) is 3.87. The maximum absolute atomic E-state index is 13.0. The molecular weight excluding hydrogens is 574 g/mol. The van der Waals surface area contributed by atoms with Crippen molar-refractivity contribution >= 4 is 33.8 Å². The Morgan fingerprint density at radius 2 is 1.44 bits per heavy atom. The molecule has 3 aromatic rings. The third-order valence-corrected chi connectivity index (χ3v) is 7.66. The Kier molecular flexibility index (Phi) is 12.3. The number of hydrogen-bond donors (Lipinski definition) is 4. The van der Waals surface area contributed by atoms with Crippen molar-refractivity contribution in [3.8, 4) is 11.5 Å². The number of alkyl carbamates (subject to hydrolysis) is 1. The Hall–Kier alpha value is -4.68. The van der Waals surface area contributed by atoms with Gasteiger partial charge in [0.15, 0.2) is 9.84 Å². The minimum Gasteiger partial charge on any atom is -0.457 e. The maximum Gasteiger partial charge on any atom is 0.408 e. The second-order valence-electron chi connectivity index (χ2n) is 9.93. The fraction of sp³-hybridized carbons (Fsp3) is 0.258. The smallest absolute Gasteiger partial charge is 0.408 e. The molecule has 43 heavy (non-hydrogen) atoms. The van der Waals surface area contributed by atoms with Gasteiger partial charge in [-0.1, -0.05) is 86.7 Å². The quantitative estimate of drug-likeness (QED) is 0.158. The molecule has 0 aliphatic rings. The molecule has 2 atom stereocenters. The Labute approximate surface area is 250 Å². The van der Waals surface area contributed by atoms with Gasteiger partial charge in [0.2, 0.25) is 5.91 Å². The summed E-state index contributed by atoms with van der Waals surface area (Å²) >= 11 is 0. The van der Waals surface area contributed by atoms with Gasteiger partial charge in [0, 0.05) is 0 Å². The van der Waals surface area contributed by atoms with Gasteiger partial charge in [-0.25, -0.2) is 18.7 Å². The summed E-state index contributed by atoms with van der Waals surface area (Å²) in [6, 6.07) is 22.4. The highest BCUT2D eigenvalue weighted by Gasteiger charge is 2.31. The average molecular weight is 610 g/mol. The molecule has 0 aliphatic heterocycles. The van der Waals surface area contributed by atoms with Crippen LogP contribution in [0.4, 0.5) is 4.79 Å². The molecule has 3 amide bonds. The monoisotopic (exact) mass is 609 g/mol. The minimum absolute atomic E-state index is 0.0218. The zero-order valence-electron chi connectivity index (χ0n) is 23.8. The van der Waals surface area contributed by atoms with Crippen LogP contribution in [0.3, 0.4) is 0 Å². The molecule has 3 rings (SSSR count). The summed E-state index contributed by atoms with van der Waals surface area (Å²) in [4.78, 5) is 37.6. The number of sulfone groups is 1. The SMILES string of the molecule is CC(C)C(NC(=O)OCc1ccccc1)C(=O)NC(CS(=O)(=O)CC=Cc1ccc(Oc2ccccc2)cc1)C(=O)NO. The van der Waals surface area contributed by atoms with Crippen molar-refractivity contribution < 1.29 is 37.5 Å². The van der Waals surface area contributed by atoms with Gasteiger partial charge < -0.3 is 20.1 Å². The summed E-state index contributed by atoms with van der Waals surface area (Å²) in [5.74, 6) is -2.30. The summed E-state index contributed by atoms with van der Waals surface area (Å²) < 4.78 is 36.5. The molecule has 4 N–H and O–H groups in total. The fourth-order valence-corrected chi connectivity index (χ4v) is 5.14. The first kappa shape index (κ1) is 32.8. The van der Waals surface area contributed by atoms with Gasteiger partial charge >= 0.3 is 6.09 Å². The normalized spacial score (nSPS) is 12.7. The Morgan fingerprint density at radius 1 is 0.837 bits per heavy atom. The number of carbonyl (C=O) groups excluding carboxylic acids is 3. The van der Waals surface area contributed by atoms with Gasteiger partial charge in [-0.15, -0.1) is 0 Å². The third-order valence-electron chi connectivity index (χ3n) is 6.12. The van der Waals surface area contributed by atoms with E-state index in [1.165, 1.54) is 11.6 Å². The molecule has 11 nitrogen and oxygen atoms in total. The summed E-state index contributed by atoms with van der Waals surface area (Å²) in [5, 5.41) is 13.9. The number of hydrogen-bond acceptors (Lipinski definition) is 8. The van der Waals surface area contributed by atoms with E-state index in [0.717, 1.165) is 11.1 Å². The first-order valence-corrected chi connectivity index (χ1v) is 15.3. The minimum atomic E-state index is -3.92. The van der Waals surface area contributed by atoms with Crippen LogP contribution >= 0.6 is 0 Å². The number of ether oxygens (including phenoxy) is 2. The van der Waals surface area contributed by atoms with Crippen LogP contribution in [0.15, 0.2) is 91.0 Å². The molecule has 0 saturated heterocycles. The molecule has 0 aromatic heterocycles. The van der Waals surface area contributed by atoms with E-state index in [1.54, 1.807) is 68.5 Å². The number of hydroxylamine groups is 1. The molecule has 0 heterocycles. The number of carbonyl (C=O) groups is 3. The predicted molar refractivity (Wildman–Crippen MR) is 161 cm³/mol. The van der Waals surface area contributed by atoms with E-state index in [2.05, 4.69) is 10.6 Å². The van der Waals surface area contributed by atoms with Crippen molar-refractivity contribution in [2.24, 2.45) is 5.92 Å². The van der Waals surface area contributed by atoms with Crippen molar-refractivity contribution in [1.29, 1.82) is 0 Å². The van der Waals surface area contributed by atoms with Crippen LogP contribution in [0.2, 0.25) is 0 Å². The lowest BCUT2D eigenvalue weighted by molar-refractivity contribution is -0.134. The van der Waals surface area contributed by atoms with Crippen LogP contribution in [-0.4, -0.2) is 55.1 Å². The lowest BCUT2D eigenvalue weighted by Crippen LogP contribution is -2.57. The number of nitrogens with one attached hydrogen (secondary N) is 3. The van der Waals surface area contributed by atoms with E-state index in [0.29, 0.717) is 11.5 Å². The third kappa shape index (κ3) is 11.3. The lowest BCUT2D eigenvalue weighted by Gasteiger charge is -2.24. The molecule has 0 saturated carbocycles. The highest BCUT2D eigenvalue weighted by atomic mass is 32.2. The lowest BCUT2D eigenvalue weighted by atomic mass is 10.0. The van der Waals surface area contributed by atoms with Gasteiger partial charge in [-0.3, -0.25) is 14.8 Å². The zero-order valence-corrected chi connectivity index (χ0v) is 24.6. The van der Waals surface area contributed by atoms with Crippen molar-refractivity contribution in [3.05, 3.63) is 102 Å². The highest BCUT2D eigenvalue weighted by molar-refractivity contribution is 7.91. The molecule has 228 valence electrons. The topological polar surface area (TPSA) is 160 Å². The Morgan fingerprint density at radius 3 is 2.05 bits per heavy atom. The zero-order chi connectivity index (χ0) is 31.2. The van der Waals surface area contributed by atoms with Crippen molar-refractivity contribution in [2.45, 2.75) is 32.5 Å². The molecule has 0 spiro atoms. The molecule has 2 unspecified atom stereocenters. The molecule has 3 aromatic carbocycles. The summed E-state index contributed by atoms with van der Waals surface area (Å²) in [6.07, 6.45) is 2.15. The molecular formula is C31H35N3O8S. The van der Waals surface area contributed by atoms with Gasteiger partial charge in [-0.2, -0.15) is 0 Å². The van der Waals surface area contributed by atoms with Crippen LogP contribution in [0.1, 0.15) is 25.0 Å². The highest BCUT2D eigenvalue weighted by Crippen LogP contribution is 2.21. The van der Waals surface area contributed by atoms with E-state index >= 15 is 0 Å².